The number of ether oxygens (including phenoxy) is 1. The molecule has 8 heteroatoms. The van der Waals surface area contributed by atoms with Crippen LogP contribution in [0.25, 0.3) is 22.2 Å². The molecule has 0 radical (unpaired) electrons. The second kappa shape index (κ2) is 10.8. The molecule has 0 aliphatic carbocycles. The van der Waals surface area contributed by atoms with Crippen LogP contribution in [-0.4, -0.2) is 57.6 Å². The molecule has 202 valence electrons. The summed E-state index contributed by atoms with van der Waals surface area (Å²) in [5, 5.41) is 22.0. The maximum Gasteiger partial charge on any atom is 0.251 e. The van der Waals surface area contributed by atoms with Gasteiger partial charge in [-0.3, -0.25) is 14.9 Å². The van der Waals surface area contributed by atoms with E-state index in [4.69, 9.17) is 4.74 Å². The van der Waals surface area contributed by atoms with E-state index in [-0.39, 0.29) is 30.1 Å². The molecule has 3 N–H and O–H groups in total. The number of nitrogens with one attached hydrogen (secondary N) is 2. The first-order chi connectivity index (χ1) is 19.0. The molecule has 8 nitrogen and oxygen atoms in total. The van der Waals surface area contributed by atoms with Crippen molar-refractivity contribution in [1.82, 2.24) is 20.5 Å². The lowest BCUT2D eigenvalue weighted by Gasteiger charge is -2.48. The Bertz CT molecular complexity index is 1420. The van der Waals surface area contributed by atoms with Gasteiger partial charge in [-0.15, -0.1) is 0 Å². The first kappa shape index (κ1) is 25.5. The fourth-order valence-corrected chi connectivity index (χ4v) is 6.02. The first-order valence-electron chi connectivity index (χ1n) is 13.8. The molecule has 4 atom stereocenters. The number of rotatable bonds is 7. The molecule has 1 amide bonds. The van der Waals surface area contributed by atoms with Gasteiger partial charge in [0.15, 0.2) is 0 Å². The minimum atomic E-state index is -0.258. The number of aromatic amines is 1. The number of pyridine rings is 1. The van der Waals surface area contributed by atoms with Gasteiger partial charge in [-0.1, -0.05) is 32.0 Å². The van der Waals surface area contributed by atoms with Crippen LogP contribution in [0.5, 0.6) is 0 Å². The maximum absolute atomic E-state index is 13.4. The van der Waals surface area contributed by atoms with Crippen molar-refractivity contribution >= 4 is 22.5 Å². The van der Waals surface area contributed by atoms with E-state index in [2.05, 4.69) is 63.5 Å². The molecule has 4 heterocycles. The number of amides is 1. The summed E-state index contributed by atoms with van der Waals surface area (Å²) in [6, 6.07) is 20.1. The lowest BCUT2D eigenvalue weighted by atomic mass is 9.91. The Morgan fingerprint density at radius 2 is 1.87 bits per heavy atom. The summed E-state index contributed by atoms with van der Waals surface area (Å²) in [6.07, 6.45) is 3.76. The topological polar surface area (TPSA) is 103 Å². The number of aliphatic hydroxyl groups is 1. The molecule has 0 saturated carbocycles. The fraction of sp³-hybridized carbons (Fsp3) is 0.387. The van der Waals surface area contributed by atoms with Gasteiger partial charge in [0.2, 0.25) is 0 Å². The number of H-pyrrole nitrogens is 1. The third kappa shape index (κ3) is 5.27. The van der Waals surface area contributed by atoms with Crippen LogP contribution < -0.4 is 10.2 Å². The smallest absolute Gasteiger partial charge is 0.251 e. The predicted octanol–water partition coefficient (Wildman–Crippen LogP) is 4.87. The quantitative estimate of drug-likeness (QED) is 0.318. The van der Waals surface area contributed by atoms with Gasteiger partial charge in [0.1, 0.15) is 0 Å². The summed E-state index contributed by atoms with van der Waals surface area (Å²) in [5.74, 6) is 0.280. The van der Waals surface area contributed by atoms with Gasteiger partial charge < -0.3 is 20.1 Å². The maximum atomic E-state index is 13.4. The van der Waals surface area contributed by atoms with Crippen LogP contribution in [-0.2, 0) is 4.74 Å². The highest BCUT2D eigenvalue weighted by Crippen LogP contribution is 2.35. The van der Waals surface area contributed by atoms with E-state index >= 15 is 0 Å². The highest BCUT2D eigenvalue weighted by atomic mass is 16.5. The van der Waals surface area contributed by atoms with E-state index in [1.165, 1.54) is 0 Å². The highest BCUT2D eigenvalue weighted by Gasteiger charge is 2.38. The molecule has 2 aliphatic rings. The van der Waals surface area contributed by atoms with Crippen molar-refractivity contribution in [1.29, 1.82) is 0 Å². The Labute approximate surface area is 228 Å². The SMILES string of the molecule is CC(C)C[C@H](NC(=O)c1ccc2[nH]nc(-c3ccc(N4[C@@H]5COC[C@H]4C[C@@H](O)C5)cc3)c2c1)c1ccccn1. The van der Waals surface area contributed by atoms with E-state index in [0.29, 0.717) is 24.7 Å². The molecule has 2 aromatic heterocycles. The number of aliphatic hydroxyl groups excluding tert-OH is 1. The van der Waals surface area contributed by atoms with E-state index in [9.17, 15) is 9.90 Å². The minimum Gasteiger partial charge on any atom is -0.393 e. The lowest BCUT2D eigenvalue weighted by molar-refractivity contribution is 0.00124. The number of morpholine rings is 1. The Kier molecular flexibility index (Phi) is 7.06. The Morgan fingerprint density at radius 1 is 1.10 bits per heavy atom. The number of carbonyl (C=O) groups is 1. The van der Waals surface area contributed by atoms with E-state index < -0.39 is 0 Å². The number of fused-ring (bicyclic) bond motifs is 3. The summed E-state index contributed by atoms with van der Waals surface area (Å²) >= 11 is 0. The minimum absolute atomic E-state index is 0.128. The predicted molar refractivity (Wildman–Crippen MR) is 152 cm³/mol. The molecule has 0 spiro atoms. The van der Waals surface area contributed by atoms with Crippen LogP contribution >= 0.6 is 0 Å². The van der Waals surface area contributed by atoms with Crippen LogP contribution in [0, 0.1) is 5.92 Å². The number of anilines is 1. The van der Waals surface area contributed by atoms with E-state index in [1.54, 1.807) is 6.20 Å². The van der Waals surface area contributed by atoms with Crippen LogP contribution in [0.2, 0.25) is 0 Å². The summed E-state index contributed by atoms with van der Waals surface area (Å²) < 4.78 is 5.76. The highest BCUT2D eigenvalue weighted by molar-refractivity contribution is 6.01. The molecule has 39 heavy (non-hydrogen) atoms. The largest absolute Gasteiger partial charge is 0.393 e. The number of piperidine rings is 1. The molecule has 6 rings (SSSR count). The van der Waals surface area contributed by atoms with Crippen molar-refractivity contribution in [2.75, 3.05) is 18.1 Å². The summed E-state index contributed by atoms with van der Waals surface area (Å²) in [7, 11) is 0. The standard InChI is InChI=1S/C31H35N5O3/c1-19(2)13-29(28-5-3-4-12-32-28)33-31(38)21-8-11-27-26(14-21)30(35-34-27)20-6-9-22(10-7-20)36-23-15-25(37)16-24(36)18-39-17-23/h3-12,14,19,23-25,29,37H,13,15-18H2,1-2H3,(H,33,38)(H,34,35)/t23-,24+,25-,29-/m0/s1. The molecular weight excluding hydrogens is 490 g/mol. The molecule has 0 unspecified atom stereocenters. The van der Waals surface area contributed by atoms with Crippen LogP contribution in [0.3, 0.4) is 0 Å². The second-order valence-electron chi connectivity index (χ2n) is 11.2. The van der Waals surface area contributed by atoms with Gasteiger partial charge >= 0.3 is 0 Å². The van der Waals surface area contributed by atoms with E-state index in [1.807, 2.05) is 36.4 Å². The third-order valence-corrected chi connectivity index (χ3v) is 7.82. The van der Waals surface area contributed by atoms with Crippen molar-refractivity contribution in [2.45, 2.75) is 57.3 Å². The molecule has 2 aliphatic heterocycles. The van der Waals surface area contributed by atoms with Gasteiger partial charge in [0, 0.05) is 28.4 Å². The Balaban J connectivity index is 1.24. The van der Waals surface area contributed by atoms with E-state index in [0.717, 1.165) is 52.8 Å². The van der Waals surface area contributed by atoms with Crippen molar-refractivity contribution in [3.8, 4) is 11.3 Å². The molecule has 2 saturated heterocycles. The number of benzene rings is 2. The van der Waals surface area contributed by atoms with Gasteiger partial charge in [-0.25, -0.2) is 0 Å². The van der Waals surface area contributed by atoms with Crippen molar-refractivity contribution < 1.29 is 14.6 Å². The Hall–Kier alpha value is -3.75. The van der Waals surface area contributed by atoms with Crippen LogP contribution in [0.15, 0.2) is 66.9 Å². The average molecular weight is 526 g/mol. The van der Waals surface area contributed by atoms with Crippen LogP contribution in [0.4, 0.5) is 5.69 Å². The zero-order valence-electron chi connectivity index (χ0n) is 22.4. The molecular formula is C31H35N5O3. The normalized spacial score (nSPS) is 21.7. The van der Waals surface area contributed by atoms with Gasteiger partial charge in [-0.05, 0) is 67.6 Å². The second-order valence-corrected chi connectivity index (χ2v) is 11.2. The lowest BCUT2D eigenvalue weighted by Crippen LogP contribution is -2.58. The van der Waals surface area contributed by atoms with Gasteiger partial charge in [0.05, 0.1) is 54.3 Å². The van der Waals surface area contributed by atoms with Crippen molar-refractivity contribution in [2.24, 2.45) is 5.92 Å². The molecule has 2 fully saturated rings. The monoisotopic (exact) mass is 525 g/mol. The van der Waals surface area contributed by atoms with Gasteiger partial charge in [0.25, 0.3) is 5.91 Å². The number of nitrogens with zero attached hydrogens (tertiary/aromatic N) is 3. The zero-order valence-corrected chi connectivity index (χ0v) is 22.4. The number of hydrogen-bond donors (Lipinski definition) is 3. The zero-order chi connectivity index (χ0) is 26.9. The van der Waals surface area contributed by atoms with Gasteiger partial charge in [-0.2, -0.15) is 5.10 Å². The third-order valence-electron chi connectivity index (χ3n) is 7.82. The fourth-order valence-electron chi connectivity index (χ4n) is 6.02. The molecule has 2 bridgehead atoms. The number of carbonyl (C=O) groups excluding carboxylic acids is 1. The van der Waals surface area contributed by atoms with Crippen molar-refractivity contribution in [3.05, 3.63) is 78.1 Å². The summed E-state index contributed by atoms with van der Waals surface area (Å²) in [4.78, 5) is 20.2. The summed E-state index contributed by atoms with van der Waals surface area (Å²) in [6.45, 7) is 5.57. The summed E-state index contributed by atoms with van der Waals surface area (Å²) in [5.41, 5.74) is 5.26. The molecule has 2 aromatic carbocycles. The van der Waals surface area contributed by atoms with Crippen LogP contribution in [0.1, 0.15) is 55.2 Å². The Morgan fingerprint density at radius 3 is 2.56 bits per heavy atom. The average Bonchev–Trinajstić information content (AvgIpc) is 3.36. The van der Waals surface area contributed by atoms with Crippen molar-refractivity contribution in [3.63, 3.8) is 0 Å². The first-order valence-corrected chi connectivity index (χ1v) is 13.8. The molecule has 4 aromatic rings. The number of aromatic nitrogens is 3. The number of hydrogen-bond acceptors (Lipinski definition) is 6.